The van der Waals surface area contributed by atoms with Crippen LogP contribution in [0, 0.1) is 0 Å². The van der Waals surface area contributed by atoms with Crippen molar-refractivity contribution in [3.8, 4) is 11.4 Å². The highest BCUT2D eigenvalue weighted by molar-refractivity contribution is 6.04. The van der Waals surface area contributed by atoms with Crippen LogP contribution in [0.25, 0.3) is 33.3 Å². The number of aryl methyl sites for hydroxylation is 1. The van der Waals surface area contributed by atoms with Crippen molar-refractivity contribution in [3.05, 3.63) is 96.2 Å². The normalized spacial score (nSPS) is 11.0. The highest BCUT2D eigenvalue weighted by Gasteiger charge is 2.19. The van der Waals surface area contributed by atoms with E-state index >= 15 is 0 Å². The number of nitrogens with zero attached hydrogens (tertiary/aromatic N) is 3. The van der Waals surface area contributed by atoms with Gasteiger partial charge in [0.25, 0.3) is 0 Å². The Bertz CT molecular complexity index is 1290. The lowest BCUT2D eigenvalue weighted by Crippen LogP contribution is -2.03. The van der Waals surface area contributed by atoms with Crippen molar-refractivity contribution in [2.75, 3.05) is 0 Å². The van der Waals surface area contributed by atoms with Gasteiger partial charge in [0.05, 0.1) is 16.7 Å². The highest BCUT2D eigenvalue weighted by atomic mass is 35.5. The van der Waals surface area contributed by atoms with Gasteiger partial charge in [-0.05, 0) is 24.5 Å². The van der Waals surface area contributed by atoms with Crippen LogP contribution in [0.1, 0.15) is 31.0 Å². The van der Waals surface area contributed by atoms with Crippen molar-refractivity contribution in [2.24, 2.45) is 0 Å². The minimum Gasteiger partial charge on any atom is -0.319 e. The molecule has 0 atom stereocenters. The van der Waals surface area contributed by atoms with Gasteiger partial charge in [0.15, 0.2) is 0 Å². The van der Waals surface area contributed by atoms with Gasteiger partial charge >= 0.3 is 0 Å². The summed E-state index contributed by atoms with van der Waals surface area (Å²) in [4.78, 5) is 10.2. The smallest absolute Gasteiger partial charge is 0.141 e. The summed E-state index contributed by atoms with van der Waals surface area (Å²) in [6.07, 6.45) is 3.22. The number of aromatic nitrogens is 3. The molecule has 0 aliphatic rings. The second kappa shape index (κ2) is 9.32. The van der Waals surface area contributed by atoms with E-state index < -0.39 is 0 Å². The largest absolute Gasteiger partial charge is 0.319 e. The first-order valence-corrected chi connectivity index (χ1v) is 10.7. The molecule has 5 rings (SSSR count). The molecule has 2 aromatic heterocycles. The summed E-state index contributed by atoms with van der Waals surface area (Å²) >= 11 is 0. The summed E-state index contributed by atoms with van der Waals surface area (Å²) < 4.78 is 2.37. The monoisotopic (exact) mass is 427 g/mol. The number of hydrogen-bond donors (Lipinski definition) is 0. The average molecular weight is 428 g/mol. The number of benzene rings is 3. The Labute approximate surface area is 189 Å². The van der Waals surface area contributed by atoms with E-state index in [4.69, 9.17) is 9.97 Å². The molecule has 0 spiro atoms. The Morgan fingerprint density at radius 2 is 1.45 bits per heavy atom. The minimum atomic E-state index is 0. The lowest BCUT2D eigenvalue weighted by molar-refractivity contribution is 0.783. The molecule has 0 radical (unpaired) electrons. The van der Waals surface area contributed by atoms with Crippen LogP contribution in [0.5, 0.6) is 0 Å². The fourth-order valence-electron chi connectivity index (χ4n) is 4.14. The zero-order chi connectivity index (χ0) is 20.3. The van der Waals surface area contributed by atoms with E-state index in [9.17, 15) is 0 Å². The number of pyridine rings is 1. The third-order valence-corrected chi connectivity index (χ3v) is 5.64. The maximum absolute atomic E-state index is 5.18. The molecule has 2 heterocycles. The van der Waals surface area contributed by atoms with E-state index in [0.29, 0.717) is 0 Å². The number of fused-ring (bicyclic) bond motifs is 3. The number of imidazole rings is 1. The van der Waals surface area contributed by atoms with Crippen molar-refractivity contribution in [1.29, 1.82) is 0 Å². The van der Waals surface area contributed by atoms with Crippen molar-refractivity contribution in [1.82, 2.24) is 14.5 Å². The molecule has 0 fully saturated rings. The molecule has 0 aliphatic heterocycles. The van der Waals surface area contributed by atoms with Gasteiger partial charge in [0.1, 0.15) is 11.3 Å². The number of unbranched alkanes of at least 4 members (excludes halogenated alkanes) is 1. The summed E-state index contributed by atoms with van der Waals surface area (Å²) in [6.45, 7) is 3.00. The molecule has 0 unspecified atom stereocenters. The summed E-state index contributed by atoms with van der Waals surface area (Å²) in [5.74, 6) is 1.00. The molecule has 3 nitrogen and oxygen atoms in total. The van der Waals surface area contributed by atoms with Gasteiger partial charge in [-0.25, -0.2) is 4.98 Å². The van der Waals surface area contributed by atoms with Crippen molar-refractivity contribution < 1.29 is 0 Å². The zero-order valence-electron chi connectivity index (χ0n) is 17.7. The van der Waals surface area contributed by atoms with Crippen molar-refractivity contribution in [2.45, 2.75) is 32.7 Å². The van der Waals surface area contributed by atoms with Gasteiger partial charge in [0, 0.05) is 17.5 Å². The fourth-order valence-corrected chi connectivity index (χ4v) is 4.14. The van der Waals surface area contributed by atoms with E-state index in [2.05, 4.69) is 96.4 Å². The van der Waals surface area contributed by atoms with E-state index in [0.717, 1.165) is 53.9 Å². The fraction of sp³-hybridized carbons (Fsp3) is 0.185. The minimum absolute atomic E-state index is 0. The summed E-state index contributed by atoms with van der Waals surface area (Å²) in [7, 11) is 0. The quantitative estimate of drug-likeness (QED) is 0.290. The van der Waals surface area contributed by atoms with Crippen LogP contribution in [-0.2, 0) is 13.0 Å². The third-order valence-electron chi connectivity index (χ3n) is 5.64. The number of hydrogen-bond acceptors (Lipinski definition) is 2. The second-order valence-electron chi connectivity index (χ2n) is 7.75. The number of rotatable bonds is 6. The van der Waals surface area contributed by atoms with Gasteiger partial charge in [-0.2, -0.15) is 0 Å². The van der Waals surface area contributed by atoms with E-state index in [1.165, 1.54) is 16.5 Å². The number of para-hydroxylation sites is 1. The van der Waals surface area contributed by atoms with Crippen LogP contribution < -0.4 is 0 Å². The second-order valence-corrected chi connectivity index (χ2v) is 7.75. The van der Waals surface area contributed by atoms with Gasteiger partial charge in [0.2, 0.25) is 0 Å². The van der Waals surface area contributed by atoms with Crippen LogP contribution in [0.15, 0.2) is 84.9 Å². The molecular formula is C27H26ClN3. The van der Waals surface area contributed by atoms with Crippen LogP contribution in [0.4, 0.5) is 0 Å². The highest BCUT2D eigenvalue weighted by Crippen LogP contribution is 2.32. The third kappa shape index (κ3) is 4.06. The lowest BCUT2D eigenvalue weighted by atomic mass is 10.1. The molecule has 0 N–H and O–H groups in total. The first kappa shape index (κ1) is 21.1. The van der Waals surface area contributed by atoms with E-state index in [1.54, 1.807) is 0 Å². The summed E-state index contributed by atoms with van der Waals surface area (Å²) in [5, 5.41) is 1.17. The Balaban J connectivity index is 0.00000231. The zero-order valence-corrected chi connectivity index (χ0v) is 18.5. The molecule has 4 heteroatoms. The molecule has 3 aromatic carbocycles. The predicted octanol–water partition coefficient (Wildman–Crippen LogP) is 7.06. The molecular weight excluding hydrogens is 402 g/mol. The van der Waals surface area contributed by atoms with E-state index in [-0.39, 0.29) is 12.4 Å². The Hall–Kier alpha value is -3.17. The maximum Gasteiger partial charge on any atom is 0.141 e. The topological polar surface area (TPSA) is 30.7 Å². The van der Waals surface area contributed by atoms with Crippen LogP contribution in [-0.4, -0.2) is 14.5 Å². The predicted molar refractivity (Wildman–Crippen MR) is 132 cm³/mol. The molecule has 156 valence electrons. The van der Waals surface area contributed by atoms with Gasteiger partial charge in [-0.3, -0.25) is 4.98 Å². The first-order valence-electron chi connectivity index (χ1n) is 10.7. The molecule has 31 heavy (non-hydrogen) atoms. The van der Waals surface area contributed by atoms with Crippen LogP contribution in [0.3, 0.4) is 0 Å². The Kier molecular flexibility index (Phi) is 6.34. The molecule has 0 bridgehead atoms. The van der Waals surface area contributed by atoms with Gasteiger partial charge < -0.3 is 4.57 Å². The van der Waals surface area contributed by atoms with Gasteiger partial charge in [-0.15, -0.1) is 12.4 Å². The summed E-state index contributed by atoms with van der Waals surface area (Å²) in [6, 6.07) is 29.6. The van der Waals surface area contributed by atoms with E-state index in [1.807, 2.05) is 0 Å². The van der Waals surface area contributed by atoms with Crippen LogP contribution >= 0.6 is 12.4 Å². The lowest BCUT2D eigenvalue weighted by Gasteiger charge is -2.12. The van der Waals surface area contributed by atoms with Crippen LogP contribution in [0.2, 0.25) is 0 Å². The summed E-state index contributed by atoms with van der Waals surface area (Å²) in [5.41, 5.74) is 6.78. The molecule has 0 amide bonds. The first-order chi connectivity index (χ1) is 14.8. The number of halogens is 1. The molecule has 5 aromatic rings. The Morgan fingerprint density at radius 1 is 0.774 bits per heavy atom. The maximum atomic E-state index is 5.18. The SMILES string of the molecule is CCCCc1nc2ccccc2c2c1nc(-c1ccccc1)n2Cc1ccccc1.Cl. The molecule has 0 aliphatic carbocycles. The molecule has 0 saturated carbocycles. The average Bonchev–Trinajstić information content (AvgIpc) is 3.18. The van der Waals surface area contributed by atoms with Crippen molar-refractivity contribution in [3.63, 3.8) is 0 Å². The molecule has 0 saturated heterocycles. The van der Waals surface area contributed by atoms with Gasteiger partial charge in [-0.1, -0.05) is 92.2 Å². The van der Waals surface area contributed by atoms with Crippen molar-refractivity contribution >= 4 is 34.3 Å². The Morgan fingerprint density at radius 3 is 2.19 bits per heavy atom. The standard InChI is InChI=1S/C27H25N3.ClH/c1-2-3-17-24-25-26(22-16-10-11-18-23(22)28-24)30(19-20-12-6-4-7-13-20)27(29-25)21-14-8-5-9-15-21;/h4-16,18H,2-3,17,19H2,1H3;1H.